The summed E-state index contributed by atoms with van der Waals surface area (Å²) in [4.78, 5) is 23.8. The van der Waals surface area contributed by atoms with Gasteiger partial charge in [0.05, 0.1) is 24.0 Å². The Balaban J connectivity index is 1.56. The van der Waals surface area contributed by atoms with Crippen LogP contribution in [0.3, 0.4) is 0 Å². The molecule has 0 spiro atoms. The minimum atomic E-state index is -0.702. The first-order valence-corrected chi connectivity index (χ1v) is 7.76. The molecule has 0 radical (unpaired) electrons. The maximum atomic E-state index is 12.3. The lowest BCUT2D eigenvalue weighted by Crippen LogP contribution is -2.66. The summed E-state index contributed by atoms with van der Waals surface area (Å²) in [6.45, 7) is 3.44. The van der Waals surface area contributed by atoms with Gasteiger partial charge in [0.25, 0.3) is 0 Å². The van der Waals surface area contributed by atoms with Crippen molar-refractivity contribution in [2.24, 2.45) is 23.7 Å². The Kier molecular flexibility index (Phi) is 3.48. The number of fused-ring (bicyclic) bond motifs is 2. The predicted octanol–water partition coefficient (Wildman–Crippen LogP) is 0.423. The molecule has 3 rings (SSSR count). The summed E-state index contributed by atoms with van der Waals surface area (Å²) < 4.78 is 0. The average Bonchev–Trinajstić information content (AvgIpc) is 2.96. The van der Waals surface area contributed by atoms with Crippen molar-refractivity contribution in [2.45, 2.75) is 57.7 Å². The molecule has 2 saturated carbocycles. The molecule has 1 saturated heterocycles. The van der Waals surface area contributed by atoms with Crippen molar-refractivity contribution in [3.8, 4) is 0 Å². The first-order valence-electron chi connectivity index (χ1n) is 7.76. The third-order valence-corrected chi connectivity index (χ3v) is 5.54. The van der Waals surface area contributed by atoms with Crippen LogP contribution in [0.1, 0.15) is 39.5 Å². The van der Waals surface area contributed by atoms with E-state index in [2.05, 4.69) is 10.6 Å². The van der Waals surface area contributed by atoms with Crippen LogP contribution in [-0.4, -0.2) is 35.1 Å². The molecule has 2 bridgehead atoms. The number of nitrogens with one attached hydrogen (secondary N) is 2. The van der Waals surface area contributed by atoms with Crippen molar-refractivity contribution in [1.29, 1.82) is 0 Å². The lowest BCUT2D eigenvalue weighted by molar-refractivity contribution is -0.145. The number of hydrogen-bond acceptors (Lipinski definition) is 3. The lowest BCUT2D eigenvalue weighted by Gasteiger charge is -2.41. The summed E-state index contributed by atoms with van der Waals surface area (Å²) in [6, 6.07) is 0.0885. The van der Waals surface area contributed by atoms with Gasteiger partial charge < -0.3 is 15.7 Å². The highest BCUT2D eigenvalue weighted by Crippen LogP contribution is 2.44. The zero-order chi connectivity index (χ0) is 14.4. The molecule has 3 fully saturated rings. The van der Waals surface area contributed by atoms with Crippen molar-refractivity contribution >= 4 is 11.8 Å². The first kappa shape index (κ1) is 13.9. The lowest BCUT2D eigenvalue weighted by atomic mass is 9.78. The van der Waals surface area contributed by atoms with Crippen molar-refractivity contribution in [2.75, 3.05) is 0 Å². The third kappa shape index (κ3) is 2.22. The Morgan fingerprint density at radius 2 is 2.10 bits per heavy atom. The van der Waals surface area contributed by atoms with Gasteiger partial charge in [0.1, 0.15) is 0 Å². The minimum absolute atomic E-state index is 0.0122. The fourth-order valence-electron chi connectivity index (χ4n) is 4.27. The Morgan fingerprint density at radius 3 is 2.60 bits per heavy atom. The molecule has 1 aliphatic heterocycles. The summed E-state index contributed by atoms with van der Waals surface area (Å²) in [6.07, 6.45) is 4.22. The number of carbonyl (C=O) groups is 2. The Labute approximate surface area is 119 Å². The largest absolute Gasteiger partial charge is 0.393 e. The molecule has 0 aromatic carbocycles. The second-order valence-electron chi connectivity index (χ2n) is 6.88. The van der Waals surface area contributed by atoms with Crippen LogP contribution in [0.25, 0.3) is 0 Å². The maximum absolute atomic E-state index is 12.3. The van der Waals surface area contributed by atoms with Crippen molar-refractivity contribution in [1.82, 2.24) is 10.6 Å². The number of amides is 2. The SMILES string of the molecule is C[C@@H](O)C1C(=O)N[C@@H]1[C@@H](C)C(=O)NC1CC2CCC1C2. The molecule has 3 aliphatic rings. The highest BCUT2D eigenvalue weighted by atomic mass is 16.3. The topological polar surface area (TPSA) is 78.4 Å². The summed E-state index contributed by atoms with van der Waals surface area (Å²) in [5.41, 5.74) is 0. The van der Waals surface area contributed by atoms with E-state index >= 15 is 0 Å². The molecular weight excluding hydrogens is 256 g/mol. The van der Waals surface area contributed by atoms with Gasteiger partial charge in [-0.15, -0.1) is 0 Å². The van der Waals surface area contributed by atoms with E-state index in [0.717, 1.165) is 12.3 Å². The number of carbonyl (C=O) groups excluding carboxylic acids is 2. The molecule has 2 aliphatic carbocycles. The molecule has 112 valence electrons. The number of β-lactam (4-membered cyclic amide) rings is 1. The molecule has 3 N–H and O–H groups in total. The van der Waals surface area contributed by atoms with Crippen LogP contribution >= 0.6 is 0 Å². The normalized spacial score (nSPS) is 41.8. The number of aliphatic hydroxyl groups is 1. The monoisotopic (exact) mass is 280 g/mol. The van der Waals surface area contributed by atoms with E-state index in [1.807, 2.05) is 6.92 Å². The van der Waals surface area contributed by atoms with Crippen molar-refractivity contribution < 1.29 is 14.7 Å². The van der Waals surface area contributed by atoms with Gasteiger partial charge in [-0.2, -0.15) is 0 Å². The average molecular weight is 280 g/mol. The summed E-state index contributed by atoms with van der Waals surface area (Å²) >= 11 is 0. The minimum Gasteiger partial charge on any atom is -0.393 e. The van der Waals surface area contributed by atoms with Gasteiger partial charge in [-0.05, 0) is 38.0 Å². The van der Waals surface area contributed by atoms with Gasteiger partial charge in [0, 0.05) is 6.04 Å². The number of hydrogen-bond donors (Lipinski definition) is 3. The van der Waals surface area contributed by atoms with Crippen LogP contribution in [0.4, 0.5) is 0 Å². The van der Waals surface area contributed by atoms with E-state index in [0.29, 0.717) is 12.0 Å². The number of aliphatic hydroxyl groups excluding tert-OH is 1. The summed E-state index contributed by atoms with van der Waals surface area (Å²) in [7, 11) is 0. The highest BCUT2D eigenvalue weighted by molar-refractivity contribution is 5.90. The summed E-state index contributed by atoms with van der Waals surface area (Å²) in [5, 5.41) is 15.5. The molecule has 20 heavy (non-hydrogen) atoms. The Morgan fingerprint density at radius 1 is 1.35 bits per heavy atom. The Hall–Kier alpha value is -1.10. The van der Waals surface area contributed by atoms with Crippen LogP contribution in [0.5, 0.6) is 0 Å². The van der Waals surface area contributed by atoms with Crippen LogP contribution in [0.2, 0.25) is 0 Å². The van der Waals surface area contributed by atoms with Gasteiger partial charge in [-0.1, -0.05) is 13.3 Å². The fraction of sp³-hybridized carbons (Fsp3) is 0.867. The fourth-order valence-corrected chi connectivity index (χ4v) is 4.27. The molecule has 5 heteroatoms. The second-order valence-corrected chi connectivity index (χ2v) is 6.88. The molecule has 4 unspecified atom stereocenters. The van der Waals surface area contributed by atoms with E-state index in [1.165, 1.54) is 19.3 Å². The third-order valence-electron chi connectivity index (χ3n) is 5.54. The molecule has 2 amide bonds. The van der Waals surface area contributed by atoms with Gasteiger partial charge in [-0.3, -0.25) is 9.59 Å². The smallest absolute Gasteiger partial charge is 0.228 e. The van der Waals surface area contributed by atoms with Crippen LogP contribution in [0, 0.1) is 23.7 Å². The predicted molar refractivity (Wildman–Crippen MR) is 73.6 cm³/mol. The molecule has 1 heterocycles. The zero-order valence-electron chi connectivity index (χ0n) is 12.1. The van der Waals surface area contributed by atoms with E-state index in [1.54, 1.807) is 6.92 Å². The van der Waals surface area contributed by atoms with Crippen LogP contribution < -0.4 is 10.6 Å². The standard InChI is InChI=1S/C15H24N2O3/c1-7(13-12(8(2)18)15(20)17-13)14(19)16-11-6-9-3-4-10(11)5-9/h7-13,18H,3-6H2,1-2H3,(H,16,19)(H,17,20)/t7-,8-,9?,10?,11?,12?,13-/m1/s1. The van der Waals surface area contributed by atoms with Crippen LogP contribution in [-0.2, 0) is 9.59 Å². The Bertz CT molecular complexity index is 423. The zero-order valence-corrected chi connectivity index (χ0v) is 12.1. The summed E-state index contributed by atoms with van der Waals surface area (Å²) in [5.74, 6) is 0.582. The molecule has 5 nitrogen and oxygen atoms in total. The van der Waals surface area contributed by atoms with E-state index in [-0.39, 0.29) is 23.8 Å². The quantitative estimate of drug-likeness (QED) is 0.653. The molecule has 0 aromatic rings. The van der Waals surface area contributed by atoms with Crippen LogP contribution in [0.15, 0.2) is 0 Å². The molecule has 7 atom stereocenters. The first-order chi connectivity index (χ1) is 9.47. The second kappa shape index (κ2) is 5.02. The highest BCUT2D eigenvalue weighted by Gasteiger charge is 2.48. The van der Waals surface area contributed by atoms with Gasteiger partial charge >= 0.3 is 0 Å². The van der Waals surface area contributed by atoms with E-state index < -0.39 is 12.0 Å². The molecular formula is C15H24N2O3. The number of rotatable bonds is 4. The molecule has 0 aromatic heterocycles. The van der Waals surface area contributed by atoms with Gasteiger partial charge in [-0.25, -0.2) is 0 Å². The van der Waals surface area contributed by atoms with Crippen molar-refractivity contribution in [3.63, 3.8) is 0 Å². The van der Waals surface area contributed by atoms with Gasteiger partial charge in [0.2, 0.25) is 11.8 Å². The van der Waals surface area contributed by atoms with E-state index in [4.69, 9.17) is 0 Å². The van der Waals surface area contributed by atoms with Crippen molar-refractivity contribution in [3.05, 3.63) is 0 Å². The van der Waals surface area contributed by atoms with E-state index in [9.17, 15) is 14.7 Å². The van der Waals surface area contributed by atoms with Gasteiger partial charge in [0.15, 0.2) is 0 Å². The maximum Gasteiger partial charge on any atom is 0.228 e.